The van der Waals surface area contributed by atoms with Gasteiger partial charge in [0, 0.05) is 13.8 Å². The number of carbonyl (C=O) groups is 3. The fraction of sp³-hybridized carbons (Fsp3) is 0.400. The fourth-order valence-corrected chi connectivity index (χ4v) is 8.47. The Kier molecular flexibility index (Phi) is 9.37. The van der Waals surface area contributed by atoms with E-state index in [1.807, 2.05) is 60.7 Å². The molecule has 0 fully saturated rings. The lowest BCUT2D eigenvalue weighted by Crippen LogP contribution is -2.67. The summed E-state index contributed by atoms with van der Waals surface area (Å²) in [5.41, 5.74) is 0. The van der Waals surface area contributed by atoms with Gasteiger partial charge in [-0.25, -0.2) is 0 Å². The molecule has 2 atom stereocenters. The van der Waals surface area contributed by atoms with E-state index in [1.54, 1.807) is 0 Å². The summed E-state index contributed by atoms with van der Waals surface area (Å²) in [6, 6.07) is 20.0. The molecule has 0 unspecified atom stereocenters. The van der Waals surface area contributed by atoms with Crippen molar-refractivity contribution < 1.29 is 33.0 Å². The lowest BCUT2D eigenvalue weighted by atomic mass is 10.2. The van der Waals surface area contributed by atoms with Crippen molar-refractivity contribution in [2.75, 3.05) is 13.2 Å². The van der Waals surface area contributed by atoms with E-state index in [0.29, 0.717) is 0 Å². The molecule has 0 saturated heterocycles. The molecule has 0 heterocycles. The largest absolute Gasteiger partial charge is 0.462 e. The minimum absolute atomic E-state index is 0.0504. The second-order valence-electron chi connectivity index (χ2n) is 8.70. The Bertz CT molecular complexity index is 870. The van der Waals surface area contributed by atoms with Crippen LogP contribution in [0, 0.1) is 0 Å². The van der Waals surface area contributed by atoms with E-state index in [1.165, 1.54) is 13.8 Å². The molecule has 2 aromatic rings. The molecule has 178 valence electrons. The van der Waals surface area contributed by atoms with Gasteiger partial charge in [-0.05, 0) is 15.4 Å². The van der Waals surface area contributed by atoms with Crippen molar-refractivity contribution in [2.24, 2.45) is 0 Å². The van der Waals surface area contributed by atoms with Crippen LogP contribution in [0.4, 0.5) is 0 Å². The topological polar surface area (TPSA) is 88.1 Å². The normalized spacial score (nSPS) is 13.5. The number of rotatable bonds is 11. The molecule has 0 bridgehead atoms. The molecule has 2 rings (SSSR count). The molecule has 0 spiro atoms. The Morgan fingerprint density at radius 3 is 1.76 bits per heavy atom. The lowest BCUT2D eigenvalue weighted by Gasteiger charge is -2.43. The van der Waals surface area contributed by atoms with Crippen LogP contribution in [-0.2, 0) is 33.0 Å². The smallest absolute Gasteiger partial charge is 0.303 e. The maximum absolute atomic E-state index is 11.7. The Balaban J connectivity index is 2.50. The molecule has 0 N–H and O–H groups in total. The highest BCUT2D eigenvalue weighted by Crippen LogP contribution is 2.37. The second-order valence-corrected chi connectivity index (χ2v) is 13.0. The molecule has 0 aliphatic heterocycles. The van der Waals surface area contributed by atoms with Gasteiger partial charge in [0.15, 0.2) is 12.2 Å². The van der Waals surface area contributed by atoms with Gasteiger partial charge in [-0.2, -0.15) is 0 Å². The molecule has 8 heteroatoms. The molecule has 0 saturated carbocycles. The predicted molar refractivity (Wildman–Crippen MR) is 127 cm³/mol. The van der Waals surface area contributed by atoms with Crippen molar-refractivity contribution >= 4 is 37.1 Å². The first-order chi connectivity index (χ1) is 15.6. The van der Waals surface area contributed by atoms with Gasteiger partial charge >= 0.3 is 11.9 Å². The molecule has 33 heavy (non-hydrogen) atoms. The van der Waals surface area contributed by atoms with Crippen LogP contribution in [0.15, 0.2) is 60.7 Å². The van der Waals surface area contributed by atoms with Crippen LogP contribution in [0.1, 0.15) is 34.6 Å². The number of ether oxygens (including phenoxy) is 3. The summed E-state index contributed by atoms with van der Waals surface area (Å²) >= 11 is 0. The summed E-state index contributed by atoms with van der Waals surface area (Å²) in [5, 5.41) is 1.81. The minimum Gasteiger partial charge on any atom is -0.462 e. The first-order valence-corrected chi connectivity index (χ1v) is 12.7. The van der Waals surface area contributed by atoms with E-state index < -0.39 is 32.5 Å². The third-order valence-electron chi connectivity index (χ3n) is 5.29. The first-order valence-electron chi connectivity index (χ1n) is 10.8. The van der Waals surface area contributed by atoms with Gasteiger partial charge in [-0.15, -0.1) is 0 Å². The SMILES string of the molecule is CC(=O)OC[C@@H](OC(C)=O)[C@@H](CO[Si](c1ccccc1)(c1ccccc1)C(C)(C)C)OC=O. The highest BCUT2D eigenvalue weighted by atomic mass is 28.4. The zero-order valence-corrected chi connectivity index (χ0v) is 20.8. The van der Waals surface area contributed by atoms with Crippen molar-refractivity contribution in [1.82, 2.24) is 0 Å². The van der Waals surface area contributed by atoms with E-state index >= 15 is 0 Å². The number of hydrogen-bond donors (Lipinski definition) is 0. The highest BCUT2D eigenvalue weighted by Gasteiger charge is 2.51. The van der Waals surface area contributed by atoms with E-state index in [9.17, 15) is 14.4 Å². The summed E-state index contributed by atoms with van der Waals surface area (Å²) in [7, 11) is -2.92. The maximum atomic E-state index is 11.7. The lowest BCUT2D eigenvalue weighted by molar-refractivity contribution is -0.171. The third kappa shape index (κ3) is 6.75. The van der Waals surface area contributed by atoms with Crippen molar-refractivity contribution in [3.05, 3.63) is 60.7 Å². The Labute approximate surface area is 196 Å². The predicted octanol–water partition coefficient (Wildman–Crippen LogP) is 2.60. The van der Waals surface area contributed by atoms with Crippen LogP contribution in [0.2, 0.25) is 5.04 Å². The quantitative estimate of drug-likeness (QED) is 0.215. The van der Waals surface area contributed by atoms with Gasteiger partial charge < -0.3 is 18.6 Å². The van der Waals surface area contributed by atoms with Crippen molar-refractivity contribution in [3.63, 3.8) is 0 Å². The monoisotopic (exact) mass is 472 g/mol. The number of carbonyl (C=O) groups excluding carboxylic acids is 3. The zero-order chi connectivity index (χ0) is 24.5. The second kappa shape index (κ2) is 11.8. The van der Waals surface area contributed by atoms with Gasteiger partial charge in [0.25, 0.3) is 14.8 Å². The van der Waals surface area contributed by atoms with Crippen molar-refractivity contribution in [2.45, 2.75) is 51.9 Å². The van der Waals surface area contributed by atoms with Gasteiger partial charge in [0.1, 0.15) is 6.61 Å². The molecule has 0 aliphatic rings. The molecular formula is C25H32O7Si. The van der Waals surface area contributed by atoms with Crippen LogP contribution in [0.5, 0.6) is 0 Å². The highest BCUT2D eigenvalue weighted by molar-refractivity contribution is 6.99. The summed E-state index contributed by atoms with van der Waals surface area (Å²) in [6.07, 6.45) is -1.97. The Morgan fingerprint density at radius 2 is 1.36 bits per heavy atom. The molecule has 2 aromatic carbocycles. The molecule has 0 amide bonds. The third-order valence-corrected chi connectivity index (χ3v) is 10.3. The number of hydrogen-bond acceptors (Lipinski definition) is 7. The average Bonchev–Trinajstić information content (AvgIpc) is 2.76. The van der Waals surface area contributed by atoms with Crippen LogP contribution in [0.3, 0.4) is 0 Å². The Morgan fingerprint density at radius 1 is 0.848 bits per heavy atom. The summed E-state index contributed by atoms with van der Waals surface area (Å²) in [5.74, 6) is -1.12. The maximum Gasteiger partial charge on any atom is 0.303 e. The van der Waals surface area contributed by atoms with Crippen LogP contribution in [-0.4, -0.2) is 52.1 Å². The minimum atomic E-state index is -2.92. The molecule has 0 aromatic heterocycles. The van der Waals surface area contributed by atoms with Crippen molar-refractivity contribution in [1.29, 1.82) is 0 Å². The molecule has 7 nitrogen and oxygen atoms in total. The van der Waals surface area contributed by atoms with Gasteiger partial charge in [0.2, 0.25) is 0 Å². The fourth-order valence-electron chi connectivity index (χ4n) is 3.90. The van der Waals surface area contributed by atoms with E-state index in [2.05, 4.69) is 20.8 Å². The van der Waals surface area contributed by atoms with E-state index in [4.69, 9.17) is 18.6 Å². The molecule has 0 aliphatic carbocycles. The van der Waals surface area contributed by atoms with E-state index in [0.717, 1.165) is 10.4 Å². The first kappa shape index (κ1) is 26.3. The van der Waals surface area contributed by atoms with Crippen LogP contribution < -0.4 is 10.4 Å². The van der Waals surface area contributed by atoms with Gasteiger partial charge in [-0.3, -0.25) is 14.4 Å². The zero-order valence-electron chi connectivity index (χ0n) is 19.8. The number of benzene rings is 2. The summed E-state index contributed by atoms with van der Waals surface area (Å²) < 4.78 is 22.4. The summed E-state index contributed by atoms with van der Waals surface area (Å²) in [6.45, 7) is 8.83. The van der Waals surface area contributed by atoms with Crippen LogP contribution in [0.25, 0.3) is 0 Å². The average molecular weight is 473 g/mol. The van der Waals surface area contributed by atoms with E-state index in [-0.39, 0.29) is 24.7 Å². The molecular weight excluding hydrogens is 440 g/mol. The Hall–Kier alpha value is -2.97. The standard InChI is InChI=1S/C25H32O7Si/c1-19(27)29-16-24(32-20(2)28)23(30-18-26)17-31-33(25(3,4)5,21-12-8-6-9-13-21)22-14-10-7-11-15-22/h6-15,18,23-24H,16-17H2,1-5H3/t23-,24-/m1/s1. The summed E-state index contributed by atoms with van der Waals surface area (Å²) in [4.78, 5) is 34.3. The van der Waals surface area contributed by atoms with Crippen molar-refractivity contribution in [3.8, 4) is 0 Å². The molecule has 0 radical (unpaired) electrons. The van der Waals surface area contributed by atoms with Gasteiger partial charge in [-0.1, -0.05) is 81.4 Å². The van der Waals surface area contributed by atoms with Gasteiger partial charge in [0.05, 0.1) is 6.61 Å². The van der Waals surface area contributed by atoms with Crippen LogP contribution >= 0.6 is 0 Å². The number of esters is 2.